The molecule has 2 aromatic rings. The minimum Gasteiger partial charge on any atom is -0.382 e. The summed E-state index contributed by atoms with van der Waals surface area (Å²) in [6.45, 7) is 4.09. The molecule has 0 bridgehead atoms. The van der Waals surface area contributed by atoms with E-state index in [1.165, 1.54) is 0 Å². The highest BCUT2D eigenvalue weighted by Gasteiger charge is 2.09. The average molecular weight is 192 g/mol. The van der Waals surface area contributed by atoms with Gasteiger partial charge in [0.2, 0.25) is 0 Å². The zero-order valence-electron chi connectivity index (χ0n) is 8.07. The van der Waals surface area contributed by atoms with E-state index >= 15 is 0 Å². The number of nitrogen functional groups attached to an aromatic ring is 1. The summed E-state index contributed by atoms with van der Waals surface area (Å²) >= 11 is 0. The summed E-state index contributed by atoms with van der Waals surface area (Å²) in [5, 5.41) is 13.5. The van der Waals surface area contributed by atoms with E-state index in [1.54, 1.807) is 6.07 Å². The van der Waals surface area contributed by atoms with Gasteiger partial charge in [-0.1, -0.05) is 13.8 Å². The van der Waals surface area contributed by atoms with Crippen molar-refractivity contribution >= 4 is 5.82 Å². The third-order valence-corrected chi connectivity index (χ3v) is 1.89. The van der Waals surface area contributed by atoms with E-state index in [-0.39, 0.29) is 0 Å². The molecule has 0 aliphatic heterocycles. The predicted octanol–water partition coefficient (Wildman–Crippen LogP) is 0.900. The summed E-state index contributed by atoms with van der Waals surface area (Å²) in [5.74, 6) is 2.22. The number of anilines is 1. The average Bonchev–Trinajstić information content (AvgIpc) is 2.70. The van der Waals surface area contributed by atoms with Crippen LogP contribution in [-0.4, -0.2) is 25.4 Å². The fourth-order valence-corrected chi connectivity index (χ4v) is 1.10. The van der Waals surface area contributed by atoms with Crippen LogP contribution >= 0.6 is 0 Å². The Bertz CT molecular complexity index is 426. The van der Waals surface area contributed by atoms with Crippen molar-refractivity contribution in [3.63, 3.8) is 0 Å². The highest BCUT2D eigenvalue weighted by molar-refractivity contribution is 5.53. The standard InChI is InChI=1S/C8H12N6/c1-4(2)7-10-8(14-13-7)5-3-6(9)12-11-5/h3-4H,1-2H3,(H3,9,11,12)(H,10,13,14). The number of aromatic amines is 2. The second-order valence-corrected chi connectivity index (χ2v) is 3.41. The Hall–Kier alpha value is -1.85. The van der Waals surface area contributed by atoms with E-state index in [0.29, 0.717) is 17.6 Å². The molecular weight excluding hydrogens is 180 g/mol. The first-order valence-electron chi connectivity index (χ1n) is 4.40. The fourth-order valence-electron chi connectivity index (χ4n) is 1.10. The normalized spacial score (nSPS) is 11.1. The van der Waals surface area contributed by atoms with Crippen LogP contribution in [0.3, 0.4) is 0 Å². The molecule has 0 atom stereocenters. The molecule has 2 heterocycles. The lowest BCUT2D eigenvalue weighted by Crippen LogP contribution is -1.89. The van der Waals surface area contributed by atoms with Crippen molar-refractivity contribution in [3.05, 3.63) is 11.9 Å². The summed E-state index contributed by atoms with van der Waals surface area (Å²) in [6, 6.07) is 1.70. The Morgan fingerprint density at radius 2 is 2.07 bits per heavy atom. The maximum Gasteiger partial charge on any atom is 0.199 e. The quantitative estimate of drug-likeness (QED) is 0.658. The number of nitrogens with zero attached hydrogens (tertiary/aromatic N) is 3. The minimum atomic E-state index is 0.330. The monoisotopic (exact) mass is 192 g/mol. The summed E-state index contributed by atoms with van der Waals surface area (Å²) < 4.78 is 0. The molecule has 0 radical (unpaired) electrons. The Morgan fingerprint density at radius 3 is 2.57 bits per heavy atom. The lowest BCUT2D eigenvalue weighted by Gasteiger charge is -1.94. The highest BCUT2D eigenvalue weighted by atomic mass is 15.2. The van der Waals surface area contributed by atoms with Crippen molar-refractivity contribution in [2.75, 3.05) is 5.73 Å². The topological polar surface area (TPSA) is 96.3 Å². The van der Waals surface area contributed by atoms with Crippen LogP contribution in [0.25, 0.3) is 11.5 Å². The highest BCUT2D eigenvalue weighted by Crippen LogP contribution is 2.16. The van der Waals surface area contributed by atoms with Gasteiger partial charge in [0.15, 0.2) is 5.82 Å². The van der Waals surface area contributed by atoms with Gasteiger partial charge in [0.1, 0.15) is 17.3 Å². The van der Waals surface area contributed by atoms with Gasteiger partial charge in [-0.25, -0.2) is 4.98 Å². The van der Waals surface area contributed by atoms with Gasteiger partial charge in [0.25, 0.3) is 0 Å². The molecule has 2 rings (SSSR count). The second kappa shape index (κ2) is 3.13. The van der Waals surface area contributed by atoms with E-state index in [1.807, 2.05) is 13.8 Å². The predicted molar refractivity (Wildman–Crippen MR) is 52.5 cm³/mol. The second-order valence-electron chi connectivity index (χ2n) is 3.41. The van der Waals surface area contributed by atoms with Crippen LogP contribution in [0.2, 0.25) is 0 Å². The molecule has 0 aromatic carbocycles. The van der Waals surface area contributed by atoms with Crippen LogP contribution in [-0.2, 0) is 0 Å². The van der Waals surface area contributed by atoms with E-state index < -0.39 is 0 Å². The maximum absolute atomic E-state index is 5.47. The first kappa shape index (κ1) is 8.74. The van der Waals surface area contributed by atoms with Crippen LogP contribution in [0.1, 0.15) is 25.6 Å². The number of rotatable bonds is 2. The number of nitrogens with one attached hydrogen (secondary N) is 2. The molecule has 0 fully saturated rings. The van der Waals surface area contributed by atoms with Crippen LogP contribution in [0, 0.1) is 0 Å². The summed E-state index contributed by atoms with van der Waals surface area (Å²) in [5.41, 5.74) is 6.20. The summed E-state index contributed by atoms with van der Waals surface area (Å²) in [7, 11) is 0. The Kier molecular flexibility index (Phi) is 1.95. The molecular formula is C8H12N6. The van der Waals surface area contributed by atoms with Gasteiger partial charge >= 0.3 is 0 Å². The third-order valence-electron chi connectivity index (χ3n) is 1.89. The zero-order valence-corrected chi connectivity index (χ0v) is 8.07. The lowest BCUT2D eigenvalue weighted by molar-refractivity contribution is 0.781. The van der Waals surface area contributed by atoms with Crippen molar-refractivity contribution in [3.8, 4) is 11.5 Å². The summed E-state index contributed by atoms with van der Waals surface area (Å²) in [4.78, 5) is 4.30. The van der Waals surface area contributed by atoms with Gasteiger partial charge in [-0.05, 0) is 0 Å². The molecule has 0 amide bonds. The molecule has 0 spiro atoms. The molecule has 0 aliphatic rings. The zero-order chi connectivity index (χ0) is 10.1. The SMILES string of the molecule is CC(C)c1nc(-c2cc(N)n[nH]2)n[nH]1. The van der Waals surface area contributed by atoms with Crippen molar-refractivity contribution in [1.29, 1.82) is 0 Å². The third kappa shape index (κ3) is 1.46. The van der Waals surface area contributed by atoms with Crippen LogP contribution < -0.4 is 5.73 Å². The van der Waals surface area contributed by atoms with Crippen LogP contribution in [0.15, 0.2) is 6.07 Å². The maximum atomic E-state index is 5.47. The number of hydrogen-bond acceptors (Lipinski definition) is 4. The molecule has 0 saturated heterocycles. The Balaban J connectivity index is 2.33. The van der Waals surface area contributed by atoms with Crippen molar-refractivity contribution in [1.82, 2.24) is 25.4 Å². The molecule has 74 valence electrons. The molecule has 2 aromatic heterocycles. The Morgan fingerprint density at radius 1 is 1.29 bits per heavy atom. The number of aromatic nitrogens is 5. The molecule has 0 unspecified atom stereocenters. The minimum absolute atomic E-state index is 0.330. The van der Waals surface area contributed by atoms with Gasteiger partial charge in [-0.2, -0.15) is 10.2 Å². The fraction of sp³-hybridized carbons (Fsp3) is 0.375. The van der Waals surface area contributed by atoms with Gasteiger partial charge in [0.05, 0.1) is 0 Å². The van der Waals surface area contributed by atoms with E-state index in [4.69, 9.17) is 5.73 Å². The molecule has 4 N–H and O–H groups in total. The first-order chi connectivity index (χ1) is 6.66. The molecule has 0 saturated carbocycles. The molecule has 14 heavy (non-hydrogen) atoms. The van der Waals surface area contributed by atoms with E-state index in [0.717, 1.165) is 11.5 Å². The van der Waals surface area contributed by atoms with Gasteiger partial charge in [0, 0.05) is 12.0 Å². The van der Waals surface area contributed by atoms with Crippen LogP contribution in [0.5, 0.6) is 0 Å². The van der Waals surface area contributed by atoms with Crippen molar-refractivity contribution < 1.29 is 0 Å². The molecule has 6 heteroatoms. The van der Waals surface area contributed by atoms with Gasteiger partial charge in [-0.15, -0.1) is 0 Å². The number of hydrogen-bond donors (Lipinski definition) is 3. The Labute approximate surface area is 80.9 Å². The van der Waals surface area contributed by atoms with Gasteiger partial charge < -0.3 is 5.73 Å². The van der Waals surface area contributed by atoms with Gasteiger partial charge in [-0.3, -0.25) is 10.2 Å². The molecule has 0 aliphatic carbocycles. The lowest BCUT2D eigenvalue weighted by atomic mass is 10.2. The van der Waals surface area contributed by atoms with Crippen molar-refractivity contribution in [2.45, 2.75) is 19.8 Å². The van der Waals surface area contributed by atoms with E-state index in [2.05, 4.69) is 25.4 Å². The largest absolute Gasteiger partial charge is 0.382 e. The number of nitrogens with two attached hydrogens (primary N) is 1. The van der Waals surface area contributed by atoms with Crippen LogP contribution in [0.4, 0.5) is 5.82 Å². The smallest absolute Gasteiger partial charge is 0.199 e. The summed E-state index contributed by atoms with van der Waals surface area (Å²) in [6.07, 6.45) is 0. The first-order valence-corrected chi connectivity index (χ1v) is 4.40. The number of H-pyrrole nitrogens is 2. The molecule has 6 nitrogen and oxygen atoms in total. The van der Waals surface area contributed by atoms with Crippen molar-refractivity contribution in [2.24, 2.45) is 0 Å². The van der Waals surface area contributed by atoms with E-state index in [9.17, 15) is 0 Å².